The van der Waals surface area contributed by atoms with Crippen molar-refractivity contribution in [2.45, 2.75) is 12.5 Å². The van der Waals surface area contributed by atoms with Gasteiger partial charge in [0.2, 0.25) is 5.95 Å². The predicted octanol–water partition coefficient (Wildman–Crippen LogP) is 1.95. The Bertz CT molecular complexity index is 592. The number of hydrogen-bond acceptors (Lipinski definition) is 5. The van der Waals surface area contributed by atoms with Crippen molar-refractivity contribution >= 4 is 23.5 Å². The Morgan fingerprint density at radius 3 is 2.76 bits per heavy atom. The van der Waals surface area contributed by atoms with Crippen LogP contribution < -0.4 is 10.6 Å². The average Bonchev–Trinajstić information content (AvgIpc) is 2.48. The van der Waals surface area contributed by atoms with Gasteiger partial charge in [-0.05, 0) is 29.8 Å². The van der Waals surface area contributed by atoms with Gasteiger partial charge in [0, 0.05) is 31.9 Å². The molecule has 1 aliphatic rings. The van der Waals surface area contributed by atoms with Gasteiger partial charge >= 0.3 is 0 Å². The molecule has 1 fully saturated rings. The third-order valence-electron chi connectivity index (χ3n) is 3.67. The second-order valence-electron chi connectivity index (χ2n) is 5.19. The van der Waals surface area contributed by atoms with Crippen LogP contribution in [0.5, 0.6) is 0 Å². The van der Waals surface area contributed by atoms with Gasteiger partial charge in [-0.3, -0.25) is 0 Å². The number of aromatic nitrogens is 2. The molecule has 0 radical (unpaired) electrons. The Balaban J connectivity index is 1.83. The number of piperazine rings is 1. The third kappa shape index (κ3) is 3.43. The van der Waals surface area contributed by atoms with E-state index in [4.69, 9.17) is 17.5 Å². The van der Waals surface area contributed by atoms with Crippen molar-refractivity contribution in [2.75, 3.05) is 30.3 Å². The molecule has 1 aliphatic heterocycles. The number of nitrogens with zero attached hydrogens (tertiary/aromatic N) is 4. The Morgan fingerprint density at radius 1 is 1.19 bits per heavy atom. The van der Waals surface area contributed by atoms with Crippen LogP contribution in [-0.2, 0) is 6.42 Å². The van der Waals surface area contributed by atoms with Gasteiger partial charge in [0.15, 0.2) is 0 Å². The van der Waals surface area contributed by atoms with E-state index in [1.807, 2.05) is 10.5 Å². The first-order valence-electron chi connectivity index (χ1n) is 7.02. The first-order valence-corrected chi connectivity index (χ1v) is 7.36. The lowest BCUT2D eigenvalue weighted by molar-refractivity contribution is 0.345. The van der Waals surface area contributed by atoms with Crippen molar-refractivity contribution < 1.29 is 0 Å². The topological polar surface area (TPSA) is 58.3 Å². The van der Waals surface area contributed by atoms with E-state index in [1.54, 1.807) is 12.3 Å². The highest BCUT2D eigenvalue weighted by Crippen LogP contribution is 2.21. The molecule has 2 heterocycles. The minimum absolute atomic E-state index is 0.237. The van der Waals surface area contributed by atoms with Crippen LogP contribution >= 0.6 is 11.8 Å². The summed E-state index contributed by atoms with van der Waals surface area (Å²) in [6.45, 7) is 2.35. The molecular formula is C15H18ClN5. The van der Waals surface area contributed by atoms with E-state index in [0.29, 0.717) is 11.8 Å². The standard InChI is InChI=1S/C15H18ClN5/c16-20-8-9-21(15-18-7-6-14(17)19-15)13(11-20)10-12-4-2-1-3-5-12/h1-7,13H,8-11H2,(H2,17,18,19). The number of rotatable bonds is 3. The number of halogens is 1. The summed E-state index contributed by atoms with van der Waals surface area (Å²) in [5.41, 5.74) is 7.06. The lowest BCUT2D eigenvalue weighted by Crippen LogP contribution is -2.52. The fourth-order valence-electron chi connectivity index (χ4n) is 2.64. The van der Waals surface area contributed by atoms with E-state index >= 15 is 0 Å². The van der Waals surface area contributed by atoms with Crippen LogP contribution in [-0.4, -0.2) is 40.1 Å². The Labute approximate surface area is 129 Å². The Kier molecular flexibility index (Phi) is 4.22. The smallest absolute Gasteiger partial charge is 0.227 e. The molecule has 0 saturated carbocycles. The molecule has 3 rings (SSSR count). The van der Waals surface area contributed by atoms with Crippen molar-refractivity contribution in [1.29, 1.82) is 0 Å². The van der Waals surface area contributed by atoms with Crippen molar-refractivity contribution in [1.82, 2.24) is 14.4 Å². The minimum atomic E-state index is 0.237. The number of nitrogens with two attached hydrogens (primary N) is 1. The van der Waals surface area contributed by atoms with Crippen LogP contribution in [0.2, 0.25) is 0 Å². The molecule has 0 aliphatic carbocycles. The van der Waals surface area contributed by atoms with E-state index in [-0.39, 0.29) is 6.04 Å². The van der Waals surface area contributed by atoms with Crippen molar-refractivity contribution in [3.63, 3.8) is 0 Å². The number of nitrogen functional groups attached to an aromatic ring is 1. The first kappa shape index (κ1) is 14.1. The molecule has 2 N–H and O–H groups in total. The number of hydrogen-bond donors (Lipinski definition) is 1. The number of benzene rings is 1. The van der Waals surface area contributed by atoms with Gasteiger partial charge in [-0.25, -0.2) is 9.40 Å². The van der Waals surface area contributed by atoms with Gasteiger partial charge in [-0.15, -0.1) is 0 Å². The molecule has 0 amide bonds. The summed E-state index contributed by atoms with van der Waals surface area (Å²) >= 11 is 6.20. The van der Waals surface area contributed by atoms with Gasteiger partial charge in [-0.1, -0.05) is 30.3 Å². The molecular weight excluding hydrogens is 286 g/mol. The quantitative estimate of drug-likeness (QED) is 0.878. The SMILES string of the molecule is Nc1ccnc(N2CCN(Cl)CC2Cc2ccccc2)n1. The molecule has 0 bridgehead atoms. The molecule has 1 aromatic carbocycles. The molecule has 6 heteroatoms. The molecule has 2 aromatic rings. The zero-order chi connectivity index (χ0) is 14.7. The van der Waals surface area contributed by atoms with Crippen molar-refractivity contribution in [3.05, 3.63) is 48.2 Å². The Hall–Kier alpha value is -1.85. The molecule has 1 aromatic heterocycles. The molecule has 1 unspecified atom stereocenters. The summed E-state index contributed by atoms with van der Waals surface area (Å²) < 4.78 is 1.83. The summed E-state index contributed by atoms with van der Waals surface area (Å²) in [4.78, 5) is 10.9. The summed E-state index contributed by atoms with van der Waals surface area (Å²) in [7, 11) is 0. The monoisotopic (exact) mass is 303 g/mol. The van der Waals surface area contributed by atoms with Crippen LogP contribution in [0.15, 0.2) is 42.6 Å². The van der Waals surface area contributed by atoms with Crippen molar-refractivity contribution in [3.8, 4) is 0 Å². The first-order chi connectivity index (χ1) is 10.2. The predicted molar refractivity (Wildman–Crippen MR) is 85.2 cm³/mol. The van der Waals surface area contributed by atoms with Crippen LogP contribution in [0.25, 0.3) is 0 Å². The zero-order valence-corrected chi connectivity index (χ0v) is 12.4. The highest BCUT2D eigenvalue weighted by molar-refractivity contribution is 6.13. The van der Waals surface area contributed by atoms with E-state index < -0.39 is 0 Å². The van der Waals surface area contributed by atoms with Crippen LogP contribution in [0.4, 0.5) is 11.8 Å². The van der Waals surface area contributed by atoms with E-state index in [9.17, 15) is 0 Å². The van der Waals surface area contributed by atoms with Crippen LogP contribution in [0.1, 0.15) is 5.56 Å². The number of anilines is 2. The van der Waals surface area contributed by atoms with E-state index in [1.165, 1.54) is 5.56 Å². The second-order valence-corrected chi connectivity index (χ2v) is 5.67. The summed E-state index contributed by atoms with van der Waals surface area (Å²) in [6, 6.07) is 12.3. The lowest BCUT2D eigenvalue weighted by atomic mass is 10.0. The molecule has 21 heavy (non-hydrogen) atoms. The maximum absolute atomic E-state index is 6.20. The summed E-state index contributed by atoms with van der Waals surface area (Å²) in [6.07, 6.45) is 2.60. The minimum Gasteiger partial charge on any atom is -0.384 e. The third-order valence-corrected chi connectivity index (χ3v) is 3.98. The molecule has 1 saturated heterocycles. The molecule has 5 nitrogen and oxygen atoms in total. The summed E-state index contributed by atoms with van der Waals surface area (Å²) in [5, 5.41) is 0. The Morgan fingerprint density at radius 2 is 2.00 bits per heavy atom. The van der Waals surface area contributed by atoms with Gasteiger partial charge in [0.05, 0.1) is 0 Å². The normalized spacial score (nSPS) is 19.7. The van der Waals surface area contributed by atoms with Gasteiger partial charge in [0.1, 0.15) is 5.82 Å². The summed E-state index contributed by atoms with van der Waals surface area (Å²) in [5.74, 6) is 1.17. The van der Waals surface area contributed by atoms with Gasteiger partial charge < -0.3 is 10.6 Å². The van der Waals surface area contributed by atoms with Crippen LogP contribution in [0, 0.1) is 0 Å². The van der Waals surface area contributed by atoms with E-state index in [0.717, 1.165) is 26.1 Å². The van der Waals surface area contributed by atoms with Crippen LogP contribution in [0.3, 0.4) is 0 Å². The molecule has 1 atom stereocenters. The molecule has 110 valence electrons. The van der Waals surface area contributed by atoms with Gasteiger partial charge in [-0.2, -0.15) is 4.98 Å². The second kappa shape index (κ2) is 6.28. The average molecular weight is 304 g/mol. The maximum Gasteiger partial charge on any atom is 0.227 e. The largest absolute Gasteiger partial charge is 0.384 e. The van der Waals surface area contributed by atoms with Crippen molar-refractivity contribution in [2.24, 2.45) is 0 Å². The highest BCUT2D eigenvalue weighted by Gasteiger charge is 2.28. The molecule has 0 spiro atoms. The fraction of sp³-hybridized carbons (Fsp3) is 0.333. The maximum atomic E-state index is 6.20. The zero-order valence-electron chi connectivity index (χ0n) is 11.7. The van der Waals surface area contributed by atoms with Gasteiger partial charge in [0.25, 0.3) is 0 Å². The fourth-order valence-corrected chi connectivity index (χ4v) is 2.88. The van der Waals surface area contributed by atoms with E-state index in [2.05, 4.69) is 39.1 Å². The lowest BCUT2D eigenvalue weighted by Gasteiger charge is -2.39. The highest BCUT2D eigenvalue weighted by atomic mass is 35.5.